The van der Waals surface area contributed by atoms with E-state index in [1.807, 2.05) is 0 Å². The Labute approximate surface area is 140 Å². The van der Waals surface area contributed by atoms with Crippen molar-refractivity contribution in [3.63, 3.8) is 0 Å². The molecule has 0 aromatic heterocycles. The molecular formula is C15H20N2O6S. The molecule has 1 amide bonds. The number of methoxy groups -OCH3 is 2. The van der Waals surface area contributed by atoms with Crippen LogP contribution in [0.15, 0.2) is 23.1 Å². The van der Waals surface area contributed by atoms with Gasteiger partial charge in [-0.3, -0.25) is 0 Å². The standard InChI is InChI=1S/C15H20N2O6S/c1-21-11-3-4-12(22-2)13(9-11)24(19,20)17-7-5-15(6-8-17)10-16-14(18)23-15/h3-4,9H,5-8,10H2,1-2H3,(H,16,18). The van der Waals surface area contributed by atoms with Crippen molar-refractivity contribution in [2.45, 2.75) is 23.3 Å². The quantitative estimate of drug-likeness (QED) is 0.864. The smallest absolute Gasteiger partial charge is 0.407 e. The zero-order chi connectivity index (χ0) is 17.4. The van der Waals surface area contributed by atoms with Gasteiger partial charge in [-0.15, -0.1) is 0 Å². The topological polar surface area (TPSA) is 94.2 Å². The fourth-order valence-electron chi connectivity index (χ4n) is 3.04. The summed E-state index contributed by atoms with van der Waals surface area (Å²) in [5.41, 5.74) is -0.596. The molecule has 2 saturated heterocycles. The van der Waals surface area contributed by atoms with E-state index in [4.69, 9.17) is 14.2 Å². The molecule has 1 aromatic rings. The minimum absolute atomic E-state index is 0.0711. The predicted molar refractivity (Wildman–Crippen MR) is 84.8 cm³/mol. The van der Waals surface area contributed by atoms with Crippen molar-refractivity contribution in [3.05, 3.63) is 18.2 Å². The van der Waals surface area contributed by atoms with Crippen LogP contribution in [0.25, 0.3) is 0 Å². The van der Waals surface area contributed by atoms with E-state index in [1.165, 1.54) is 24.6 Å². The average Bonchev–Trinajstić information content (AvgIpc) is 2.95. The van der Waals surface area contributed by atoms with Crippen LogP contribution in [0.5, 0.6) is 11.5 Å². The Morgan fingerprint density at radius 3 is 2.46 bits per heavy atom. The van der Waals surface area contributed by atoms with Gasteiger partial charge in [-0.25, -0.2) is 13.2 Å². The number of hydrogen-bond donors (Lipinski definition) is 1. The van der Waals surface area contributed by atoms with E-state index >= 15 is 0 Å². The first-order valence-electron chi connectivity index (χ1n) is 7.59. The molecule has 0 radical (unpaired) electrons. The van der Waals surface area contributed by atoms with Gasteiger partial charge in [-0.2, -0.15) is 4.31 Å². The molecule has 1 N–H and O–H groups in total. The van der Waals surface area contributed by atoms with Crippen molar-refractivity contribution in [2.75, 3.05) is 33.9 Å². The summed E-state index contributed by atoms with van der Waals surface area (Å²) < 4.78 is 43.0. The van der Waals surface area contributed by atoms with Gasteiger partial charge in [-0.05, 0) is 12.1 Å². The van der Waals surface area contributed by atoms with Crippen LogP contribution >= 0.6 is 0 Å². The molecule has 0 atom stereocenters. The lowest BCUT2D eigenvalue weighted by Gasteiger charge is -2.36. The van der Waals surface area contributed by atoms with Crippen molar-refractivity contribution in [3.8, 4) is 11.5 Å². The molecule has 0 bridgehead atoms. The van der Waals surface area contributed by atoms with E-state index in [2.05, 4.69) is 5.32 Å². The highest BCUT2D eigenvalue weighted by Crippen LogP contribution is 2.35. The maximum absolute atomic E-state index is 13.0. The molecule has 1 spiro atoms. The maximum Gasteiger partial charge on any atom is 0.407 e. The van der Waals surface area contributed by atoms with Crippen LogP contribution in [0, 0.1) is 0 Å². The second-order valence-corrected chi connectivity index (χ2v) is 7.75. The average molecular weight is 356 g/mol. The highest BCUT2D eigenvalue weighted by Gasteiger charge is 2.45. The van der Waals surface area contributed by atoms with Gasteiger partial charge in [0.05, 0.1) is 20.8 Å². The van der Waals surface area contributed by atoms with Crippen molar-refractivity contribution < 1.29 is 27.4 Å². The van der Waals surface area contributed by atoms with Crippen molar-refractivity contribution >= 4 is 16.1 Å². The summed E-state index contributed by atoms with van der Waals surface area (Å²) in [6.07, 6.45) is 0.467. The number of nitrogens with zero attached hydrogens (tertiary/aromatic N) is 1. The normalized spacial score (nSPS) is 20.5. The molecule has 2 aliphatic rings. The third kappa shape index (κ3) is 2.89. The van der Waals surface area contributed by atoms with E-state index < -0.39 is 21.7 Å². The molecule has 2 fully saturated rings. The minimum atomic E-state index is -3.73. The first-order valence-corrected chi connectivity index (χ1v) is 9.03. The Morgan fingerprint density at radius 1 is 1.21 bits per heavy atom. The van der Waals surface area contributed by atoms with Gasteiger partial charge in [0.1, 0.15) is 22.0 Å². The molecule has 2 heterocycles. The summed E-state index contributed by atoms with van der Waals surface area (Å²) >= 11 is 0. The summed E-state index contributed by atoms with van der Waals surface area (Å²) in [4.78, 5) is 11.3. The maximum atomic E-state index is 13.0. The number of carbonyl (C=O) groups excluding carboxylic acids is 1. The number of piperidine rings is 1. The van der Waals surface area contributed by atoms with Crippen LogP contribution in [0.4, 0.5) is 4.79 Å². The Kier molecular flexibility index (Phi) is 4.31. The van der Waals surface area contributed by atoms with Gasteiger partial charge in [0.25, 0.3) is 0 Å². The van der Waals surface area contributed by atoms with Crippen molar-refractivity contribution in [1.82, 2.24) is 9.62 Å². The second-order valence-electron chi connectivity index (χ2n) is 5.85. The van der Waals surface area contributed by atoms with Gasteiger partial charge >= 0.3 is 6.09 Å². The Bertz CT molecular complexity index is 740. The molecule has 1 aromatic carbocycles. The number of sulfonamides is 1. The minimum Gasteiger partial charge on any atom is -0.497 e. The number of nitrogens with one attached hydrogen (secondary N) is 1. The predicted octanol–water partition coefficient (Wildman–Crippen LogP) is 0.967. The van der Waals surface area contributed by atoms with Gasteiger partial charge in [0.15, 0.2) is 0 Å². The van der Waals surface area contributed by atoms with Crippen LogP contribution in [0.1, 0.15) is 12.8 Å². The van der Waals surface area contributed by atoms with Crippen LogP contribution < -0.4 is 14.8 Å². The third-order valence-electron chi connectivity index (χ3n) is 4.49. The summed E-state index contributed by atoms with van der Waals surface area (Å²) in [6, 6.07) is 4.67. The van der Waals surface area contributed by atoms with Gasteiger partial charge in [-0.1, -0.05) is 0 Å². The number of alkyl carbamates (subject to hydrolysis) is 1. The third-order valence-corrected chi connectivity index (χ3v) is 6.41. The fourth-order valence-corrected chi connectivity index (χ4v) is 4.65. The molecule has 24 heavy (non-hydrogen) atoms. The van der Waals surface area contributed by atoms with Gasteiger partial charge < -0.3 is 19.5 Å². The SMILES string of the molecule is COc1ccc(OC)c(S(=O)(=O)N2CCC3(CC2)CNC(=O)O3)c1. The number of amides is 1. The van der Waals surface area contributed by atoms with Crippen LogP contribution in [-0.4, -0.2) is 58.3 Å². The largest absolute Gasteiger partial charge is 0.497 e. The van der Waals surface area contributed by atoms with Crippen LogP contribution in [0.2, 0.25) is 0 Å². The van der Waals surface area contributed by atoms with Crippen molar-refractivity contribution in [1.29, 1.82) is 0 Å². The van der Waals surface area contributed by atoms with Crippen molar-refractivity contribution in [2.24, 2.45) is 0 Å². The van der Waals surface area contributed by atoms with Crippen LogP contribution in [-0.2, 0) is 14.8 Å². The van der Waals surface area contributed by atoms with Gasteiger partial charge in [0, 0.05) is 32.0 Å². The molecule has 2 aliphatic heterocycles. The molecule has 132 valence electrons. The van der Waals surface area contributed by atoms with E-state index in [-0.39, 0.29) is 23.7 Å². The number of carbonyl (C=O) groups is 1. The second kappa shape index (κ2) is 6.14. The Morgan fingerprint density at radius 2 is 1.92 bits per heavy atom. The summed E-state index contributed by atoms with van der Waals surface area (Å²) in [5.74, 6) is 0.710. The van der Waals surface area contributed by atoms with E-state index in [9.17, 15) is 13.2 Å². The Hall–Kier alpha value is -2.00. The summed E-state index contributed by atoms with van der Waals surface area (Å²) in [6.45, 7) is 0.970. The van der Waals surface area contributed by atoms with E-state index in [1.54, 1.807) is 12.1 Å². The molecule has 3 rings (SSSR count). The molecule has 9 heteroatoms. The summed E-state index contributed by atoms with van der Waals surface area (Å²) in [5, 5.41) is 2.63. The molecule has 0 saturated carbocycles. The molecular weight excluding hydrogens is 336 g/mol. The molecule has 0 aliphatic carbocycles. The number of rotatable bonds is 4. The fraction of sp³-hybridized carbons (Fsp3) is 0.533. The first-order chi connectivity index (χ1) is 11.4. The zero-order valence-corrected chi connectivity index (χ0v) is 14.4. The number of ether oxygens (including phenoxy) is 3. The number of hydrogen-bond acceptors (Lipinski definition) is 6. The first kappa shape index (κ1) is 16.8. The van der Waals surface area contributed by atoms with Crippen LogP contribution in [0.3, 0.4) is 0 Å². The zero-order valence-electron chi connectivity index (χ0n) is 13.6. The lowest BCUT2D eigenvalue weighted by atomic mass is 9.93. The Balaban J connectivity index is 1.83. The summed E-state index contributed by atoms with van der Waals surface area (Å²) in [7, 11) is -0.827. The molecule has 0 unspecified atom stereocenters. The highest BCUT2D eigenvalue weighted by atomic mass is 32.2. The van der Waals surface area contributed by atoms with Gasteiger partial charge in [0.2, 0.25) is 10.0 Å². The monoisotopic (exact) mass is 356 g/mol. The molecule has 8 nitrogen and oxygen atoms in total. The highest BCUT2D eigenvalue weighted by molar-refractivity contribution is 7.89. The van der Waals surface area contributed by atoms with E-state index in [0.717, 1.165) is 0 Å². The lowest BCUT2D eigenvalue weighted by Crippen LogP contribution is -2.48. The number of benzene rings is 1. The van der Waals surface area contributed by atoms with E-state index in [0.29, 0.717) is 25.1 Å². The lowest BCUT2D eigenvalue weighted by molar-refractivity contribution is 0.0173.